The number of benzene rings is 2. The summed E-state index contributed by atoms with van der Waals surface area (Å²) in [6.45, 7) is 1.84. The van der Waals surface area contributed by atoms with E-state index in [0.29, 0.717) is 15.2 Å². The van der Waals surface area contributed by atoms with Crippen LogP contribution < -0.4 is 5.32 Å². The number of amides is 1. The van der Waals surface area contributed by atoms with Crippen molar-refractivity contribution in [1.82, 2.24) is 0 Å². The molecule has 0 atom stereocenters. The molecule has 104 valence electrons. The van der Waals surface area contributed by atoms with Crippen LogP contribution in [0, 0.1) is 12.7 Å². The zero-order valence-electron chi connectivity index (χ0n) is 10.4. The average molecular weight is 359 g/mol. The molecule has 0 aliphatic carbocycles. The molecule has 0 unspecified atom stereocenters. The van der Waals surface area contributed by atoms with Gasteiger partial charge in [-0.2, -0.15) is 0 Å². The number of hydrogen-bond donors (Lipinski definition) is 2. The van der Waals surface area contributed by atoms with E-state index in [1.165, 1.54) is 6.07 Å². The number of phenols is 1. The van der Waals surface area contributed by atoms with Crippen molar-refractivity contribution in [2.24, 2.45) is 0 Å². The molecule has 2 N–H and O–H groups in total. The minimum absolute atomic E-state index is 0.0185. The Labute approximate surface area is 128 Å². The van der Waals surface area contributed by atoms with E-state index < -0.39 is 17.5 Å². The largest absolute Gasteiger partial charge is 0.507 e. The summed E-state index contributed by atoms with van der Waals surface area (Å²) in [5.41, 5.74) is 1.31. The van der Waals surface area contributed by atoms with Gasteiger partial charge in [0.15, 0.2) is 0 Å². The highest BCUT2D eigenvalue weighted by molar-refractivity contribution is 9.10. The molecular weight excluding hydrogens is 349 g/mol. The molecule has 0 radical (unpaired) electrons. The molecule has 0 aromatic heterocycles. The third kappa shape index (κ3) is 3.11. The van der Waals surface area contributed by atoms with Crippen LogP contribution in [0.15, 0.2) is 34.8 Å². The summed E-state index contributed by atoms with van der Waals surface area (Å²) in [6, 6.07) is 6.56. The topological polar surface area (TPSA) is 49.3 Å². The minimum atomic E-state index is -0.612. The van der Waals surface area contributed by atoms with Crippen LogP contribution in [-0.2, 0) is 0 Å². The van der Waals surface area contributed by atoms with E-state index in [9.17, 15) is 14.3 Å². The SMILES string of the molecule is Cc1cc(Br)c(NC(=O)c2ccc(F)cc2O)cc1Cl. The third-order valence-electron chi connectivity index (χ3n) is 2.70. The first-order chi connectivity index (χ1) is 9.38. The van der Waals surface area contributed by atoms with Crippen LogP contribution >= 0.6 is 27.5 Å². The highest BCUT2D eigenvalue weighted by Gasteiger charge is 2.14. The van der Waals surface area contributed by atoms with Gasteiger partial charge < -0.3 is 10.4 Å². The van der Waals surface area contributed by atoms with Crippen molar-refractivity contribution >= 4 is 39.1 Å². The standard InChI is InChI=1S/C14H10BrClFNO2/c1-7-4-10(15)12(6-11(7)16)18-14(20)9-3-2-8(17)5-13(9)19/h2-6,19H,1H3,(H,18,20). The number of aryl methyl sites for hydroxylation is 1. The Morgan fingerprint density at radius 1 is 1.35 bits per heavy atom. The maximum atomic E-state index is 12.9. The van der Waals surface area contributed by atoms with Crippen LogP contribution in [0.4, 0.5) is 10.1 Å². The number of anilines is 1. The lowest BCUT2D eigenvalue weighted by atomic mass is 10.1. The summed E-state index contributed by atoms with van der Waals surface area (Å²) in [5, 5.41) is 12.7. The summed E-state index contributed by atoms with van der Waals surface area (Å²) in [7, 11) is 0. The van der Waals surface area contributed by atoms with E-state index in [1.807, 2.05) is 6.92 Å². The summed E-state index contributed by atoms with van der Waals surface area (Å²) in [6.07, 6.45) is 0. The van der Waals surface area contributed by atoms with E-state index in [-0.39, 0.29) is 5.56 Å². The first-order valence-corrected chi connectivity index (χ1v) is 6.81. The second-order valence-corrected chi connectivity index (χ2v) is 5.46. The Bertz CT molecular complexity index is 691. The quantitative estimate of drug-likeness (QED) is 0.830. The predicted octanol–water partition coefficient (Wildman–Crippen LogP) is 4.51. The Balaban J connectivity index is 2.30. The average Bonchev–Trinajstić information content (AvgIpc) is 2.35. The van der Waals surface area contributed by atoms with E-state index in [2.05, 4.69) is 21.2 Å². The summed E-state index contributed by atoms with van der Waals surface area (Å²) in [5.74, 6) is -1.58. The van der Waals surface area contributed by atoms with Crippen LogP contribution in [-0.4, -0.2) is 11.0 Å². The maximum Gasteiger partial charge on any atom is 0.259 e. The molecule has 2 aromatic rings. The highest BCUT2D eigenvalue weighted by Crippen LogP contribution is 2.30. The van der Waals surface area contributed by atoms with Crippen molar-refractivity contribution < 1.29 is 14.3 Å². The molecule has 6 heteroatoms. The highest BCUT2D eigenvalue weighted by atomic mass is 79.9. The predicted molar refractivity (Wildman–Crippen MR) is 79.9 cm³/mol. The Morgan fingerprint density at radius 3 is 2.70 bits per heavy atom. The lowest BCUT2D eigenvalue weighted by molar-refractivity contribution is 0.102. The van der Waals surface area contributed by atoms with Gasteiger partial charge in [0.1, 0.15) is 11.6 Å². The fourth-order valence-electron chi connectivity index (χ4n) is 1.63. The fraction of sp³-hybridized carbons (Fsp3) is 0.0714. The number of hydrogen-bond acceptors (Lipinski definition) is 2. The molecule has 20 heavy (non-hydrogen) atoms. The molecule has 0 saturated heterocycles. The maximum absolute atomic E-state index is 12.9. The van der Waals surface area contributed by atoms with Crippen molar-refractivity contribution in [3.63, 3.8) is 0 Å². The van der Waals surface area contributed by atoms with Crippen molar-refractivity contribution in [2.75, 3.05) is 5.32 Å². The molecule has 0 saturated carbocycles. The van der Waals surface area contributed by atoms with Gasteiger partial charge in [0, 0.05) is 15.6 Å². The van der Waals surface area contributed by atoms with Crippen LogP contribution in [0.5, 0.6) is 5.75 Å². The normalized spacial score (nSPS) is 10.4. The number of nitrogens with one attached hydrogen (secondary N) is 1. The molecule has 1 amide bonds. The van der Waals surface area contributed by atoms with Gasteiger partial charge in [0.2, 0.25) is 0 Å². The summed E-state index contributed by atoms with van der Waals surface area (Å²) in [4.78, 5) is 12.0. The van der Waals surface area contributed by atoms with Crippen LogP contribution in [0.2, 0.25) is 5.02 Å². The molecule has 0 aliphatic heterocycles. The van der Waals surface area contributed by atoms with Crippen molar-refractivity contribution in [2.45, 2.75) is 6.92 Å². The first kappa shape index (κ1) is 14.8. The molecular formula is C14H10BrClFNO2. The van der Waals surface area contributed by atoms with Crippen molar-refractivity contribution in [1.29, 1.82) is 0 Å². The van der Waals surface area contributed by atoms with E-state index in [0.717, 1.165) is 17.7 Å². The molecule has 2 rings (SSSR count). The molecule has 0 bridgehead atoms. The lowest BCUT2D eigenvalue weighted by Crippen LogP contribution is -2.12. The van der Waals surface area contributed by atoms with Gasteiger partial charge in [-0.1, -0.05) is 11.6 Å². The zero-order valence-corrected chi connectivity index (χ0v) is 12.7. The molecule has 0 spiro atoms. The van der Waals surface area contributed by atoms with Crippen LogP contribution in [0.1, 0.15) is 15.9 Å². The van der Waals surface area contributed by atoms with Gasteiger partial charge in [-0.15, -0.1) is 0 Å². The molecule has 3 nitrogen and oxygen atoms in total. The van der Waals surface area contributed by atoms with Gasteiger partial charge in [0.05, 0.1) is 11.3 Å². The number of carbonyl (C=O) groups excluding carboxylic acids is 1. The summed E-state index contributed by atoms with van der Waals surface area (Å²) >= 11 is 9.31. The molecule has 0 aliphatic rings. The lowest BCUT2D eigenvalue weighted by Gasteiger charge is -2.10. The van der Waals surface area contributed by atoms with Gasteiger partial charge in [0.25, 0.3) is 5.91 Å². The van der Waals surface area contributed by atoms with E-state index >= 15 is 0 Å². The number of halogens is 3. The molecule has 0 fully saturated rings. The van der Waals surface area contributed by atoms with Crippen molar-refractivity contribution in [3.8, 4) is 5.75 Å². The molecule has 0 heterocycles. The Kier molecular flexibility index (Phi) is 4.30. The van der Waals surface area contributed by atoms with Gasteiger partial charge in [-0.25, -0.2) is 4.39 Å². The number of aromatic hydroxyl groups is 1. The first-order valence-electron chi connectivity index (χ1n) is 5.64. The van der Waals surface area contributed by atoms with Crippen LogP contribution in [0.3, 0.4) is 0 Å². The number of phenolic OH excluding ortho intramolecular Hbond substituents is 1. The molecule has 2 aromatic carbocycles. The zero-order chi connectivity index (χ0) is 14.9. The Hall–Kier alpha value is -1.59. The second kappa shape index (κ2) is 5.81. The van der Waals surface area contributed by atoms with E-state index in [1.54, 1.807) is 12.1 Å². The second-order valence-electron chi connectivity index (χ2n) is 4.20. The Morgan fingerprint density at radius 2 is 2.05 bits per heavy atom. The monoisotopic (exact) mass is 357 g/mol. The number of carbonyl (C=O) groups is 1. The van der Waals surface area contributed by atoms with Gasteiger partial charge >= 0.3 is 0 Å². The minimum Gasteiger partial charge on any atom is -0.507 e. The smallest absolute Gasteiger partial charge is 0.259 e. The van der Waals surface area contributed by atoms with Gasteiger partial charge in [-0.05, 0) is 52.7 Å². The van der Waals surface area contributed by atoms with E-state index in [4.69, 9.17) is 11.6 Å². The third-order valence-corrected chi connectivity index (χ3v) is 3.76. The van der Waals surface area contributed by atoms with Crippen LogP contribution in [0.25, 0.3) is 0 Å². The fourth-order valence-corrected chi connectivity index (χ4v) is 2.35. The summed E-state index contributed by atoms with van der Waals surface area (Å²) < 4.78 is 13.5. The van der Waals surface area contributed by atoms with Gasteiger partial charge in [-0.3, -0.25) is 4.79 Å². The number of rotatable bonds is 2. The van der Waals surface area contributed by atoms with Crippen molar-refractivity contribution in [3.05, 3.63) is 56.8 Å².